The van der Waals surface area contributed by atoms with Gasteiger partial charge in [-0.1, -0.05) is 18.6 Å². The van der Waals surface area contributed by atoms with E-state index in [1.165, 1.54) is 0 Å². The standard InChI is InChI=1S/C22H32O4/c1-20-8-9-22(25-12-13-26-22)14-15(20)2-3-16-17(20)6-7-21(10-11-23)18(16)4-5-19(21)24/h2,16-18,23H,3-14H2,1H3/t16?,17?,18?,20-,21+/m0/s1. The van der Waals surface area contributed by atoms with Crippen LogP contribution < -0.4 is 0 Å². The van der Waals surface area contributed by atoms with Crippen LogP contribution in [0.15, 0.2) is 11.6 Å². The number of carbonyl (C=O) groups is 1. The third kappa shape index (κ3) is 2.21. The van der Waals surface area contributed by atoms with Crippen molar-refractivity contribution in [2.24, 2.45) is 28.6 Å². The van der Waals surface area contributed by atoms with E-state index in [9.17, 15) is 9.90 Å². The summed E-state index contributed by atoms with van der Waals surface area (Å²) >= 11 is 0. The molecule has 1 heterocycles. The monoisotopic (exact) mass is 360 g/mol. The number of ether oxygens (including phenoxy) is 2. The third-order valence-corrected chi connectivity index (χ3v) is 8.93. The zero-order valence-electron chi connectivity index (χ0n) is 16.0. The minimum atomic E-state index is -0.350. The van der Waals surface area contributed by atoms with Gasteiger partial charge in [0.15, 0.2) is 5.79 Å². The van der Waals surface area contributed by atoms with Crippen LogP contribution in [0.4, 0.5) is 0 Å². The molecule has 26 heavy (non-hydrogen) atoms. The van der Waals surface area contributed by atoms with E-state index in [0.717, 1.165) is 64.6 Å². The number of rotatable bonds is 2. The van der Waals surface area contributed by atoms with Gasteiger partial charge in [0.25, 0.3) is 0 Å². The second-order valence-electron chi connectivity index (χ2n) is 9.67. The predicted molar refractivity (Wildman–Crippen MR) is 97.4 cm³/mol. The highest BCUT2D eigenvalue weighted by Gasteiger charge is 2.61. The maximum absolute atomic E-state index is 12.8. The normalized spacial score (nSPS) is 46.6. The Kier molecular flexibility index (Phi) is 3.94. The van der Waals surface area contributed by atoms with Crippen LogP contribution >= 0.6 is 0 Å². The van der Waals surface area contributed by atoms with Crippen molar-refractivity contribution in [3.05, 3.63) is 11.6 Å². The summed E-state index contributed by atoms with van der Waals surface area (Å²) in [6.07, 6.45) is 11.2. The number of fused-ring (bicyclic) bond motifs is 5. The van der Waals surface area contributed by atoms with Crippen LogP contribution in [0.3, 0.4) is 0 Å². The lowest BCUT2D eigenvalue weighted by Crippen LogP contribution is -2.53. The van der Waals surface area contributed by atoms with E-state index >= 15 is 0 Å². The molecule has 0 aromatic heterocycles. The third-order valence-electron chi connectivity index (χ3n) is 8.93. The quantitative estimate of drug-likeness (QED) is 0.764. The van der Waals surface area contributed by atoms with Crippen molar-refractivity contribution < 1.29 is 19.4 Å². The maximum atomic E-state index is 12.8. The Bertz CT molecular complexity index is 634. The number of allylic oxidation sites excluding steroid dienone is 1. The molecule has 0 bridgehead atoms. The highest BCUT2D eigenvalue weighted by molar-refractivity contribution is 5.87. The van der Waals surface area contributed by atoms with Crippen molar-refractivity contribution in [3.8, 4) is 0 Å². The fourth-order valence-corrected chi connectivity index (χ4v) is 7.59. The molecule has 1 N–H and O–H groups in total. The molecule has 0 amide bonds. The molecule has 4 aliphatic carbocycles. The van der Waals surface area contributed by atoms with Crippen LogP contribution in [0.1, 0.15) is 64.7 Å². The van der Waals surface area contributed by atoms with Crippen molar-refractivity contribution in [2.45, 2.75) is 70.5 Å². The van der Waals surface area contributed by atoms with E-state index in [0.29, 0.717) is 30.0 Å². The molecule has 144 valence electrons. The average molecular weight is 360 g/mol. The Hall–Kier alpha value is -0.710. The highest BCUT2D eigenvalue weighted by atomic mass is 16.7. The van der Waals surface area contributed by atoms with E-state index in [2.05, 4.69) is 13.0 Å². The molecular weight excluding hydrogens is 328 g/mol. The minimum Gasteiger partial charge on any atom is -0.396 e. The Morgan fingerprint density at radius 1 is 1.15 bits per heavy atom. The van der Waals surface area contributed by atoms with Gasteiger partial charge in [0, 0.05) is 31.3 Å². The van der Waals surface area contributed by atoms with Crippen molar-refractivity contribution in [2.75, 3.05) is 19.8 Å². The summed E-state index contributed by atoms with van der Waals surface area (Å²) in [5.41, 5.74) is 1.57. The number of aliphatic hydroxyl groups excluding tert-OH is 1. The number of hydrogen-bond acceptors (Lipinski definition) is 4. The van der Waals surface area contributed by atoms with Crippen LogP contribution in [0.2, 0.25) is 0 Å². The Morgan fingerprint density at radius 3 is 2.73 bits per heavy atom. The fourth-order valence-electron chi connectivity index (χ4n) is 7.59. The largest absolute Gasteiger partial charge is 0.396 e. The number of hydrogen-bond donors (Lipinski definition) is 1. The number of carbonyl (C=O) groups excluding carboxylic acids is 1. The van der Waals surface area contributed by atoms with E-state index < -0.39 is 0 Å². The van der Waals surface area contributed by atoms with Gasteiger partial charge in [-0.05, 0) is 61.7 Å². The molecule has 3 saturated carbocycles. The molecule has 1 aliphatic heterocycles. The first-order chi connectivity index (χ1) is 12.5. The van der Waals surface area contributed by atoms with Gasteiger partial charge >= 0.3 is 0 Å². The summed E-state index contributed by atoms with van der Waals surface area (Å²) in [6, 6.07) is 0. The van der Waals surface area contributed by atoms with Gasteiger partial charge in [0.2, 0.25) is 0 Å². The fraction of sp³-hybridized carbons (Fsp3) is 0.864. The van der Waals surface area contributed by atoms with Crippen molar-refractivity contribution in [1.82, 2.24) is 0 Å². The smallest absolute Gasteiger partial charge is 0.172 e. The molecule has 1 spiro atoms. The molecule has 0 radical (unpaired) electrons. The van der Waals surface area contributed by atoms with Crippen LogP contribution in [-0.4, -0.2) is 36.5 Å². The Labute approximate surface area is 156 Å². The second kappa shape index (κ2) is 5.89. The van der Waals surface area contributed by atoms with Gasteiger partial charge in [-0.25, -0.2) is 0 Å². The molecule has 5 rings (SSSR count). The molecule has 1 saturated heterocycles. The van der Waals surface area contributed by atoms with Crippen LogP contribution in [0.25, 0.3) is 0 Å². The van der Waals surface area contributed by atoms with Crippen molar-refractivity contribution in [3.63, 3.8) is 0 Å². The molecule has 4 heteroatoms. The van der Waals surface area contributed by atoms with Gasteiger partial charge in [-0.2, -0.15) is 0 Å². The SMILES string of the molecule is C[C@]12CCC3(CC1=CCC1C4CCC(=O)[C@@]4(CCO)CCC12)OCCO3. The lowest BCUT2D eigenvalue weighted by atomic mass is 9.47. The summed E-state index contributed by atoms with van der Waals surface area (Å²) in [7, 11) is 0. The summed E-state index contributed by atoms with van der Waals surface area (Å²) in [4.78, 5) is 12.8. The van der Waals surface area contributed by atoms with E-state index in [4.69, 9.17) is 9.47 Å². The van der Waals surface area contributed by atoms with E-state index in [-0.39, 0.29) is 23.2 Å². The molecule has 4 nitrogen and oxygen atoms in total. The van der Waals surface area contributed by atoms with Crippen LogP contribution in [-0.2, 0) is 14.3 Å². The van der Waals surface area contributed by atoms with Crippen molar-refractivity contribution in [1.29, 1.82) is 0 Å². The number of ketones is 1. The topological polar surface area (TPSA) is 55.8 Å². The van der Waals surface area contributed by atoms with Gasteiger partial charge < -0.3 is 14.6 Å². The molecule has 0 aromatic carbocycles. The molecular formula is C22H32O4. The van der Waals surface area contributed by atoms with Crippen LogP contribution in [0, 0.1) is 28.6 Å². The summed E-state index contributed by atoms with van der Waals surface area (Å²) in [6.45, 7) is 4.07. The Morgan fingerprint density at radius 2 is 1.96 bits per heavy atom. The summed E-state index contributed by atoms with van der Waals surface area (Å²) < 4.78 is 12.0. The summed E-state index contributed by atoms with van der Waals surface area (Å²) in [5, 5.41) is 9.64. The zero-order valence-corrected chi connectivity index (χ0v) is 16.0. The zero-order chi connectivity index (χ0) is 18.0. The molecule has 5 aliphatic rings. The molecule has 0 aromatic rings. The molecule has 4 fully saturated rings. The number of aliphatic hydroxyl groups is 1. The average Bonchev–Trinajstić information content (AvgIpc) is 3.22. The van der Waals surface area contributed by atoms with Gasteiger partial charge in [0.05, 0.1) is 13.2 Å². The van der Waals surface area contributed by atoms with Crippen LogP contribution in [0.5, 0.6) is 0 Å². The van der Waals surface area contributed by atoms with E-state index in [1.807, 2.05) is 0 Å². The first kappa shape index (κ1) is 17.4. The van der Waals surface area contributed by atoms with Gasteiger partial charge in [-0.3, -0.25) is 4.79 Å². The maximum Gasteiger partial charge on any atom is 0.172 e. The summed E-state index contributed by atoms with van der Waals surface area (Å²) in [5.74, 6) is 1.84. The van der Waals surface area contributed by atoms with Gasteiger partial charge in [0.1, 0.15) is 5.78 Å². The predicted octanol–water partition coefficient (Wildman–Crippen LogP) is 3.62. The van der Waals surface area contributed by atoms with Crippen molar-refractivity contribution >= 4 is 5.78 Å². The van der Waals surface area contributed by atoms with E-state index in [1.54, 1.807) is 5.57 Å². The van der Waals surface area contributed by atoms with Gasteiger partial charge in [-0.15, -0.1) is 0 Å². The second-order valence-corrected chi connectivity index (χ2v) is 9.67. The highest BCUT2D eigenvalue weighted by Crippen LogP contribution is 2.65. The minimum absolute atomic E-state index is 0.148. The molecule has 5 atom stereocenters. The Balaban J connectivity index is 1.46. The lowest BCUT2D eigenvalue weighted by Gasteiger charge is -2.58. The first-order valence-corrected chi connectivity index (χ1v) is 10.6. The first-order valence-electron chi connectivity index (χ1n) is 10.6. The number of Topliss-reactive ketones (excluding diaryl/α,β-unsaturated/α-hetero) is 1. The lowest BCUT2D eigenvalue weighted by molar-refractivity contribution is -0.185. The molecule has 3 unspecified atom stereocenters.